The molecule has 0 aliphatic carbocycles. The van der Waals surface area contributed by atoms with Gasteiger partial charge in [0.25, 0.3) is 0 Å². The van der Waals surface area contributed by atoms with Crippen LogP contribution in [0.5, 0.6) is 0 Å². The van der Waals surface area contributed by atoms with E-state index in [0.717, 1.165) is 0 Å². The van der Waals surface area contributed by atoms with Gasteiger partial charge in [0, 0.05) is 7.11 Å². The maximum atomic E-state index is 4.84. The molecule has 0 aliphatic rings. The minimum atomic E-state index is -0.0139. The third-order valence-electron chi connectivity index (χ3n) is 0.777. The van der Waals surface area contributed by atoms with Gasteiger partial charge in [0.05, 0.1) is 0 Å². The average Bonchev–Trinajstić information content (AvgIpc) is 1.65. The molecule has 0 bridgehead atoms. The number of rotatable bonds is 2. The molecule has 1 nitrogen and oxygen atoms in total. The molecular weight excluding hydrogens is 108 g/mol. The number of hydrogen-bond acceptors (Lipinski definition) is 1. The van der Waals surface area contributed by atoms with Gasteiger partial charge in [-0.3, -0.25) is 0 Å². The van der Waals surface area contributed by atoms with Gasteiger partial charge in [-0.25, -0.2) is 0 Å². The van der Waals surface area contributed by atoms with Crippen LogP contribution in [-0.4, -0.2) is 12.5 Å². The summed E-state index contributed by atoms with van der Waals surface area (Å²) < 4.78 is 4.83. The van der Waals surface area contributed by atoms with E-state index >= 15 is 0 Å². The largest absolute Gasteiger partial charge is 0.370 e. The highest BCUT2D eigenvalue weighted by molar-refractivity contribution is 7.80. The Kier molecular flexibility index (Phi) is 3.48. The van der Waals surface area contributed by atoms with Crippen LogP contribution in [0.2, 0.25) is 0 Å². The summed E-state index contributed by atoms with van der Waals surface area (Å²) in [5, 5.41) is 0. The molecule has 0 aliphatic heterocycles. The molecule has 1 radical (unpaired) electrons. The normalized spacial score (nSPS) is 15.0. The van der Waals surface area contributed by atoms with Crippen LogP contribution in [0.3, 0.4) is 0 Å². The second-order valence-electron chi connectivity index (χ2n) is 1.85. The molecule has 43 valence electrons. The lowest BCUT2D eigenvalue weighted by atomic mass is 10.2. The van der Waals surface area contributed by atoms with Gasteiger partial charge in [0.15, 0.2) is 0 Å². The molecule has 2 heteroatoms. The Bertz CT molecular complexity index is 45.3. The molecule has 0 fully saturated rings. The van der Waals surface area contributed by atoms with Crippen LogP contribution in [0.15, 0.2) is 0 Å². The number of hydrogen-bond donors (Lipinski definition) is 0. The fraction of sp³-hybridized carbons (Fsp3) is 1.00. The summed E-state index contributed by atoms with van der Waals surface area (Å²) in [5.41, 5.74) is -0.0139. The molecule has 0 amide bonds. The van der Waals surface area contributed by atoms with Crippen molar-refractivity contribution >= 4 is 12.6 Å². The van der Waals surface area contributed by atoms with Crippen LogP contribution < -0.4 is 0 Å². The van der Waals surface area contributed by atoms with Crippen molar-refractivity contribution < 1.29 is 4.74 Å². The molecular formula is C5H11OS. The standard InChI is InChI=1S/C5H11OS/c1-4(2)5(7)6-3/h4-5H,1-3H3. The Labute approximate surface area is 50.5 Å². The van der Waals surface area contributed by atoms with Gasteiger partial charge in [0.1, 0.15) is 5.44 Å². The third-order valence-corrected chi connectivity index (χ3v) is 1.51. The number of methoxy groups -OCH3 is 1. The van der Waals surface area contributed by atoms with Crippen molar-refractivity contribution in [3.63, 3.8) is 0 Å². The maximum absolute atomic E-state index is 4.84. The highest BCUT2D eigenvalue weighted by Gasteiger charge is 2.04. The Balaban J connectivity index is 3.14. The van der Waals surface area contributed by atoms with Gasteiger partial charge < -0.3 is 4.74 Å². The van der Waals surface area contributed by atoms with Gasteiger partial charge in [-0.05, 0) is 5.92 Å². The molecule has 0 heterocycles. The zero-order valence-electron chi connectivity index (χ0n) is 4.97. The first-order chi connectivity index (χ1) is 3.18. The molecule has 1 unspecified atom stereocenters. The first kappa shape index (κ1) is 7.31. The van der Waals surface area contributed by atoms with E-state index in [4.69, 9.17) is 17.4 Å². The van der Waals surface area contributed by atoms with E-state index in [1.54, 1.807) is 7.11 Å². The van der Waals surface area contributed by atoms with Crippen LogP contribution in [0.25, 0.3) is 0 Å². The summed E-state index contributed by atoms with van der Waals surface area (Å²) in [5.74, 6) is 0.458. The van der Waals surface area contributed by atoms with E-state index in [1.165, 1.54) is 0 Å². The molecule has 0 spiro atoms. The van der Waals surface area contributed by atoms with Crippen molar-refractivity contribution in [3.05, 3.63) is 0 Å². The SMILES string of the molecule is COC([S])C(C)C. The Morgan fingerprint density at radius 2 is 1.86 bits per heavy atom. The molecule has 0 aromatic carbocycles. The summed E-state index contributed by atoms with van der Waals surface area (Å²) >= 11 is 4.84. The van der Waals surface area contributed by atoms with E-state index in [-0.39, 0.29) is 5.44 Å². The van der Waals surface area contributed by atoms with E-state index in [0.29, 0.717) is 5.92 Å². The van der Waals surface area contributed by atoms with Crippen LogP contribution in [0.4, 0.5) is 0 Å². The zero-order valence-corrected chi connectivity index (χ0v) is 5.79. The summed E-state index contributed by atoms with van der Waals surface area (Å²) in [4.78, 5) is 0. The van der Waals surface area contributed by atoms with Crippen LogP contribution in [-0.2, 0) is 4.74 Å². The predicted octanol–water partition coefficient (Wildman–Crippen LogP) is 1.81. The fourth-order valence-corrected chi connectivity index (χ4v) is 0.272. The molecule has 0 aromatic heterocycles. The van der Waals surface area contributed by atoms with Crippen LogP contribution >= 0.6 is 12.6 Å². The van der Waals surface area contributed by atoms with E-state index in [1.807, 2.05) is 13.8 Å². The van der Waals surface area contributed by atoms with Crippen molar-refractivity contribution in [1.29, 1.82) is 0 Å². The van der Waals surface area contributed by atoms with Crippen LogP contribution in [0.1, 0.15) is 13.8 Å². The predicted molar refractivity (Wildman–Crippen MR) is 33.2 cm³/mol. The van der Waals surface area contributed by atoms with Crippen molar-refractivity contribution in [3.8, 4) is 0 Å². The van der Waals surface area contributed by atoms with Gasteiger partial charge >= 0.3 is 0 Å². The fourth-order valence-electron chi connectivity index (χ4n) is 0.272. The lowest BCUT2D eigenvalue weighted by Crippen LogP contribution is -2.08. The van der Waals surface area contributed by atoms with Crippen LogP contribution in [0, 0.1) is 5.92 Å². The van der Waals surface area contributed by atoms with Gasteiger partial charge in [-0.1, -0.05) is 26.5 Å². The van der Waals surface area contributed by atoms with Crippen molar-refractivity contribution in [1.82, 2.24) is 0 Å². The van der Waals surface area contributed by atoms with Crippen molar-refractivity contribution in [2.45, 2.75) is 19.3 Å². The molecule has 7 heavy (non-hydrogen) atoms. The summed E-state index contributed by atoms with van der Waals surface area (Å²) in [6.45, 7) is 4.09. The summed E-state index contributed by atoms with van der Waals surface area (Å²) in [6.07, 6.45) is 0. The smallest absolute Gasteiger partial charge is 0.115 e. The second-order valence-corrected chi connectivity index (χ2v) is 2.31. The van der Waals surface area contributed by atoms with Gasteiger partial charge in [-0.2, -0.15) is 0 Å². The minimum absolute atomic E-state index is 0.0139. The summed E-state index contributed by atoms with van der Waals surface area (Å²) in [7, 11) is 1.64. The van der Waals surface area contributed by atoms with Crippen molar-refractivity contribution in [2.75, 3.05) is 7.11 Å². The lowest BCUT2D eigenvalue weighted by molar-refractivity contribution is 0.138. The monoisotopic (exact) mass is 119 g/mol. The van der Waals surface area contributed by atoms with E-state index in [9.17, 15) is 0 Å². The zero-order chi connectivity index (χ0) is 5.86. The molecule has 0 saturated heterocycles. The van der Waals surface area contributed by atoms with Crippen molar-refractivity contribution in [2.24, 2.45) is 5.92 Å². The topological polar surface area (TPSA) is 9.23 Å². The van der Waals surface area contributed by atoms with E-state index < -0.39 is 0 Å². The Morgan fingerprint density at radius 1 is 1.43 bits per heavy atom. The lowest BCUT2D eigenvalue weighted by Gasteiger charge is -2.09. The van der Waals surface area contributed by atoms with Gasteiger partial charge in [-0.15, -0.1) is 0 Å². The number of ether oxygens (including phenoxy) is 1. The third kappa shape index (κ3) is 2.94. The Hall–Kier alpha value is 0.310. The summed E-state index contributed by atoms with van der Waals surface area (Å²) in [6, 6.07) is 0. The molecule has 1 atom stereocenters. The second kappa shape index (κ2) is 3.33. The van der Waals surface area contributed by atoms with Gasteiger partial charge in [0.2, 0.25) is 0 Å². The Morgan fingerprint density at radius 3 is 1.86 bits per heavy atom. The maximum Gasteiger partial charge on any atom is 0.115 e. The highest BCUT2D eigenvalue weighted by atomic mass is 32.1. The molecule has 0 saturated carbocycles. The highest BCUT2D eigenvalue weighted by Crippen LogP contribution is 2.07. The molecule has 0 aromatic rings. The average molecular weight is 119 g/mol. The van der Waals surface area contributed by atoms with E-state index in [2.05, 4.69) is 0 Å². The first-order valence-corrected chi connectivity index (χ1v) is 2.84. The first-order valence-electron chi connectivity index (χ1n) is 2.37. The minimum Gasteiger partial charge on any atom is -0.370 e. The molecule has 0 N–H and O–H groups in total. The quantitative estimate of drug-likeness (QED) is 0.538. The molecule has 0 rings (SSSR count).